The van der Waals surface area contributed by atoms with Crippen LogP contribution in [0.15, 0.2) is 18.2 Å². The number of aromatic nitrogens is 2. The van der Waals surface area contributed by atoms with Crippen molar-refractivity contribution in [1.29, 1.82) is 0 Å². The molecule has 0 fully saturated rings. The van der Waals surface area contributed by atoms with Gasteiger partial charge in [0.15, 0.2) is 11.5 Å². The monoisotopic (exact) mass is 307 g/mol. The fourth-order valence-corrected chi connectivity index (χ4v) is 2.54. The van der Waals surface area contributed by atoms with Crippen molar-refractivity contribution >= 4 is 22.4 Å². The molecule has 0 unspecified atom stereocenters. The molecule has 1 aromatic heterocycles. The molecule has 0 radical (unpaired) electrons. The van der Waals surface area contributed by atoms with Crippen molar-refractivity contribution in [2.24, 2.45) is 0 Å². The quantitative estimate of drug-likeness (QED) is 0.887. The van der Waals surface area contributed by atoms with Crippen molar-refractivity contribution in [1.82, 2.24) is 10.2 Å². The average Bonchev–Trinajstić information content (AvgIpc) is 2.93. The van der Waals surface area contributed by atoms with Gasteiger partial charge in [-0.15, -0.1) is 10.2 Å². The molecule has 0 saturated carbocycles. The molecule has 1 N–H and O–H groups in total. The van der Waals surface area contributed by atoms with Gasteiger partial charge in [0.25, 0.3) is 0 Å². The van der Waals surface area contributed by atoms with E-state index >= 15 is 0 Å². The number of ether oxygens (including phenoxy) is 2. The van der Waals surface area contributed by atoms with E-state index in [2.05, 4.69) is 15.5 Å². The molecule has 0 aliphatic carbocycles. The van der Waals surface area contributed by atoms with E-state index in [-0.39, 0.29) is 5.91 Å². The van der Waals surface area contributed by atoms with Crippen LogP contribution in [-0.4, -0.2) is 30.3 Å². The van der Waals surface area contributed by atoms with Gasteiger partial charge in [0.05, 0.1) is 14.2 Å². The zero-order valence-corrected chi connectivity index (χ0v) is 13.0. The number of hydrogen-bond acceptors (Lipinski definition) is 6. The fourth-order valence-electron chi connectivity index (χ4n) is 1.75. The zero-order chi connectivity index (χ0) is 15.2. The Kier molecular flexibility index (Phi) is 5.10. The largest absolute Gasteiger partial charge is 0.493 e. The molecule has 1 heterocycles. The highest BCUT2D eigenvalue weighted by molar-refractivity contribution is 7.15. The first-order valence-corrected chi connectivity index (χ1v) is 7.31. The number of amides is 1. The Morgan fingerprint density at radius 3 is 2.67 bits per heavy atom. The van der Waals surface area contributed by atoms with E-state index in [4.69, 9.17) is 9.47 Å². The SMILES string of the molecule is CCC(=O)Nc1nnc(Cc2ccc(OC)c(OC)c2)s1. The Morgan fingerprint density at radius 2 is 2.00 bits per heavy atom. The Bertz CT molecular complexity index is 628. The van der Waals surface area contributed by atoms with Crippen LogP contribution in [0.25, 0.3) is 0 Å². The lowest BCUT2D eigenvalue weighted by molar-refractivity contribution is -0.115. The third kappa shape index (κ3) is 3.91. The van der Waals surface area contributed by atoms with Gasteiger partial charge in [0, 0.05) is 12.8 Å². The molecular formula is C14H17N3O3S. The molecule has 0 aliphatic heterocycles. The third-order valence-corrected chi connectivity index (χ3v) is 3.68. The van der Waals surface area contributed by atoms with Gasteiger partial charge < -0.3 is 14.8 Å². The molecule has 2 aromatic rings. The lowest BCUT2D eigenvalue weighted by atomic mass is 10.1. The summed E-state index contributed by atoms with van der Waals surface area (Å²) in [6.07, 6.45) is 1.05. The smallest absolute Gasteiger partial charge is 0.225 e. The molecule has 1 aromatic carbocycles. The van der Waals surface area contributed by atoms with E-state index in [0.717, 1.165) is 10.6 Å². The first-order chi connectivity index (χ1) is 10.2. The number of methoxy groups -OCH3 is 2. The highest BCUT2D eigenvalue weighted by atomic mass is 32.1. The molecule has 2 rings (SSSR count). The molecule has 1 amide bonds. The van der Waals surface area contributed by atoms with Crippen molar-refractivity contribution < 1.29 is 14.3 Å². The number of nitrogens with one attached hydrogen (secondary N) is 1. The topological polar surface area (TPSA) is 73.3 Å². The van der Waals surface area contributed by atoms with E-state index in [1.807, 2.05) is 18.2 Å². The van der Waals surface area contributed by atoms with Crippen LogP contribution in [0.3, 0.4) is 0 Å². The number of anilines is 1. The molecule has 21 heavy (non-hydrogen) atoms. The normalized spacial score (nSPS) is 10.2. The van der Waals surface area contributed by atoms with Crippen LogP contribution < -0.4 is 14.8 Å². The van der Waals surface area contributed by atoms with Gasteiger partial charge in [-0.2, -0.15) is 0 Å². The Morgan fingerprint density at radius 1 is 1.24 bits per heavy atom. The van der Waals surface area contributed by atoms with Gasteiger partial charge >= 0.3 is 0 Å². The van der Waals surface area contributed by atoms with Crippen molar-refractivity contribution in [2.75, 3.05) is 19.5 Å². The predicted octanol–water partition coefficient (Wildman–Crippen LogP) is 2.49. The van der Waals surface area contributed by atoms with Crippen LogP contribution >= 0.6 is 11.3 Å². The first kappa shape index (κ1) is 15.2. The van der Waals surface area contributed by atoms with Gasteiger partial charge in [0.1, 0.15) is 5.01 Å². The Labute approximate surface area is 127 Å². The molecular weight excluding hydrogens is 290 g/mol. The van der Waals surface area contributed by atoms with E-state index < -0.39 is 0 Å². The van der Waals surface area contributed by atoms with E-state index in [0.29, 0.717) is 29.5 Å². The molecule has 7 heteroatoms. The summed E-state index contributed by atoms with van der Waals surface area (Å²) in [6.45, 7) is 1.79. The molecule has 6 nitrogen and oxygen atoms in total. The minimum atomic E-state index is -0.0659. The van der Waals surface area contributed by atoms with Crippen LogP contribution in [-0.2, 0) is 11.2 Å². The van der Waals surface area contributed by atoms with E-state index in [9.17, 15) is 4.79 Å². The molecule has 0 aliphatic rings. The predicted molar refractivity (Wildman–Crippen MR) is 81.2 cm³/mol. The average molecular weight is 307 g/mol. The highest BCUT2D eigenvalue weighted by Gasteiger charge is 2.10. The minimum Gasteiger partial charge on any atom is -0.493 e. The second-order valence-electron chi connectivity index (χ2n) is 4.27. The summed E-state index contributed by atoms with van der Waals surface area (Å²) in [5, 5.41) is 12.1. The van der Waals surface area contributed by atoms with Crippen LogP contribution in [0.1, 0.15) is 23.9 Å². The van der Waals surface area contributed by atoms with Crippen LogP contribution in [0.4, 0.5) is 5.13 Å². The fraction of sp³-hybridized carbons (Fsp3) is 0.357. The summed E-state index contributed by atoms with van der Waals surface area (Å²) in [7, 11) is 3.20. The number of carbonyl (C=O) groups is 1. The molecule has 0 spiro atoms. The standard InChI is InChI=1S/C14H17N3O3S/c1-4-12(18)15-14-17-16-13(21-14)8-9-5-6-10(19-2)11(7-9)20-3/h5-7H,4,8H2,1-3H3,(H,15,17,18). The second-order valence-corrected chi connectivity index (χ2v) is 5.33. The van der Waals surface area contributed by atoms with Crippen molar-refractivity contribution in [3.8, 4) is 11.5 Å². The summed E-state index contributed by atoms with van der Waals surface area (Å²) < 4.78 is 10.5. The summed E-state index contributed by atoms with van der Waals surface area (Å²) in [6, 6.07) is 5.71. The maximum atomic E-state index is 11.3. The lowest BCUT2D eigenvalue weighted by Gasteiger charge is -2.08. The number of benzene rings is 1. The maximum absolute atomic E-state index is 11.3. The van der Waals surface area contributed by atoms with E-state index in [1.165, 1.54) is 11.3 Å². The minimum absolute atomic E-state index is 0.0659. The Hall–Kier alpha value is -2.15. The van der Waals surface area contributed by atoms with Gasteiger partial charge in [-0.05, 0) is 17.7 Å². The summed E-state index contributed by atoms with van der Waals surface area (Å²) >= 11 is 1.37. The number of nitrogens with zero attached hydrogens (tertiary/aromatic N) is 2. The molecule has 112 valence electrons. The number of rotatable bonds is 6. The maximum Gasteiger partial charge on any atom is 0.225 e. The summed E-state index contributed by atoms with van der Waals surface area (Å²) in [4.78, 5) is 11.3. The van der Waals surface area contributed by atoms with E-state index in [1.54, 1.807) is 21.1 Å². The number of hydrogen-bond donors (Lipinski definition) is 1. The van der Waals surface area contributed by atoms with Gasteiger partial charge in [-0.1, -0.05) is 24.3 Å². The first-order valence-electron chi connectivity index (χ1n) is 6.49. The second kappa shape index (κ2) is 7.03. The summed E-state index contributed by atoms with van der Waals surface area (Å²) in [5.74, 6) is 1.30. The highest BCUT2D eigenvalue weighted by Crippen LogP contribution is 2.29. The molecule has 0 saturated heterocycles. The summed E-state index contributed by atoms with van der Waals surface area (Å²) in [5.41, 5.74) is 1.04. The van der Waals surface area contributed by atoms with Gasteiger partial charge in [0.2, 0.25) is 11.0 Å². The van der Waals surface area contributed by atoms with Gasteiger partial charge in [-0.3, -0.25) is 4.79 Å². The third-order valence-electron chi connectivity index (χ3n) is 2.84. The van der Waals surface area contributed by atoms with Crippen LogP contribution in [0.2, 0.25) is 0 Å². The Balaban J connectivity index is 2.09. The van der Waals surface area contributed by atoms with Crippen molar-refractivity contribution in [3.63, 3.8) is 0 Å². The molecule has 0 atom stereocenters. The number of carbonyl (C=O) groups excluding carboxylic acids is 1. The van der Waals surface area contributed by atoms with Gasteiger partial charge in [-0.25, -0.2) is 0 Å². The van der Waals surface area contributed by atoms with Crippen LogP contribution in [0, 0.1) is 0 Å². The molecule has 0 bridgehead atoms. The van der Waals surface area contributed by atoms with Crippen LogP contribution in [0.5, 0.6) is 11.5 Å². The van der Waals surface area contributed by atoms with Crippen molar-refractivity contribution in [2.45, 2.75) is 19.8 Å². The zero-order valence-electron chi connectivity index (χ0n) is 12.2. The lowest BCUT2D eigenvalue weighted by Crippen LogP contribution is -2.08. The van der Waals surface area contributed by atoms with Crippen molar-refractivity contribution in [3.05, 3.63) is 28.8 Å².